The molecule has 3 rings (SSSR count). The van der Waals surface area contributed by atoms with E-state index >= 15 is 0 Å². The van der Waals surface area contributed by atoms with Gasteiger partial charge in [0.1, 0.15) is 10.9 Å². The summed E-state index contributed by atoms with van der Waals surface area (Å²) in [7, 11) is 0. The highest BCUT2D eigenvalue weighted by molar-refractivity contribution is 8.15. The van der Waals surface area contributed by atoms with Crippen LogP contribution in [-0.2, 0) is 9.59 Å². The first kappa shape index (κ1) is 21.0. The number of thioether (sulfide) groups is 1. The van der Waals surface area contributed by atoms with Gasteiger partial charge in [0.25, 0.3) is 5.69 Å². The van der Waals surface area contributed by atoms with Crippen molar-refractivity contribution in [2.75, 3.05) is 5.32 Å². The number of nitro groups is 1. The molecule has 2 fully saturated rings. The van der Waals surface area contributed by atoms with Gasteiger partial charge in [-0.2, -0.15) is 5.10 Å². The lowest BCUT2D eigenvalue weighted by Gasteiger charge is -2.20. The van der Waals surface area contributed by atoms with Gasteiger partial charge in [0.2, 0.25) is 11.8 Å². The van der Waals surface area contributed by atoms with Gasteiger partial charge in [-0.1, -0.05) is 43.2 Å². The van der Waals surface area contributed by atoms with Crippen LogP contribution in [0.5, 0.6) is 0 Å². The number of benzene rings is 1. The van der Waals surface area contributed by atoms with Crippen LogP contribution in [0.2, 0.25) is 0 Å². The molecule has 0 unspecified atom stereocenters. The fourth-order valence-electron chi connectivity index (χ4n) is 3.42. The maximum atomic E-state index is 12.3. The molecule has 1 saturated heterocycles. The Labute approximate surface area is 172 Å². The number of para-hydroxylation sites is 2. The van der Waals surface area contributed by atoms with Crippen LogP contribution in [0.3, 0.4) is 0 Å². The number of hydrogen-bond acceptors (Lipinski definition) is 7. The summed E-state index contributed by atoms with van der Waals surface area (Å²) < 4.78 is 0. The zero-order chi connectivity index (χ0) is 20.8. The zero-order valence-electron chi connectivity index (χ0n) is 16.1. The lowest BCUT2D eigenvalue weighted by atomic mass is 9.86. The first-order valence-electron chi connectivity index (χ1n) is 9.57. The summed E-state index contributed by atoms with van der Waals surface area (Å²) in [6.07, 6.45) is 5.79. The topological polar surface area (TPSA) is 126 Å². The molecule has 1 atom stereocenters. The van der Waals surface area contributed by atoms with Crippen molar-refractivity contribution < 1.29 is 14.5 Å². The molecular formula is C19H23N5O4S. The van der Waals surface area contributed by atoms with Crippen LogP contribution in [0.4, 0.5) is 11.4 Å². The summed E-state index contributed by atoms with van der Waals surface area (Å²) in [5.41, 5.74) is 0.872. The zero-order valence-corrected chi connectivity index (χ0v) is 16.9. The van der Waals surface area contributed by atoms with E-state index in [1.807, 2.05) is 6.92 Å². The highest BCUT2D eigenvalue weighted by Gasteiger charge is 2.32. The minimum atomic E-state index is -0.651. The van der Waals surface area contributed by atoms with Gasteiger partial charge in [-0.3, -0.25) is 19.7 Å². The average Bonchev–Trinajstić information content (AvgIpc) is 3.06. The van der Waals surface area contributed by atoms with E-state index in [2.05, 4.69) is 20.8 Å². The molecule has 0 aromatic heterocycles. The number of nitrogens with one attached hydrogen (secondary N) is 2. The number of anilines is 1. The molecule has 2 N–H and O–H groups in total. The van der Waals surface area contributed by atoms with Crippen molar-refractivity contribution in [1.82, 2.24) is 5.32 Å². The fourth-order valence-corrected chi connectivity index (χ4v) is 4.34. The third-order valence-corrected chi connectivity index (χ3v) is 6.09. The van der Waals surface area contributed by atoms with Gasteiger partial charge >= 0.3 is 0 Å². The van der Waals surface area contributed by atoms with Gasteiger partial charge in [0.15, 0.2) is 5.17 Å². The Balaban J connectivity index is 1.58. The molecule has 0 spiro atoms. The predicted octanol–water partition coefficient (Wildman–Crippen LogP) is 3.47. The molecule has 1 aromatic rings. The van der Waals surface area contributed by atoms with Gasteiger partial charge in [-0.25, -0.2) is 0 Å². The summed E-state index contributed by atoms with van der Waals surface area (Å²) in [5, 5.41) is 24.3. The number of amides is 2. The Bertz CT molecular complexity index is 864. The van der Waals surface area contributed by atoms with Gasteiger partial charge < -0.3 is 10.6 Å². The van der Waals surface area contributed by atoms with E-state index in [0.29, 0.717) is 11.1 Å². The maximum absolute atomic E-state index is 12.3. The lowest BCUT2D eigenvalue weighted by Crippen LogP contribution is -2.28. The van der Waals surface area contributed by atoms with Gasteiger partial charge in [0, 0.05) is 18.2 Å². The first-order chi connectivity index (χ1) is 13.9. The second-order valence-corrected chi connectivity index (χ2v) is 8.30. The van der Waals surface area contributed by atoms with Crippen LogP contribution in [-0.4, -0.2) is 32.9 Å². The molecule has 1 aromatic carbocycles. The minimum Gasteiger partial charge on any atom is -0.320 e. The molecule has 29 heavy (non-hydrogen) atoms. The molecule has 1 heterocycles. The molecule has 1 aliphatic carbocycles. The molecule has 1 saturated carbocycles. The minimum absolute atomic E-state index is 0.104. The fraction of sp³-hybridized carbons (Fsp3) is 0.474. The molecule has 2 amide bonds. The van der Waals surface area contributed by atoms with E-state index in [0.717, 1.165) is 30.3 Å². The Morgan fingerprint density at radius 3 is 2.76 bits per heavy atom. The quantitative estimate of drug-likeness (QED) is 0.416. The number of nitrogens with zero attached hydrogens (tertiary/aromatic N) is 3. The normalized spacial score (nSPS) is 21.8. The third-order valence-electron chi connectivity index (χ3n) is 5.02. The van der Waals surface area contributed by atoms with Gasteiger partial charge in [0.05, 0.1) is 4.92 Å². The molecule has 154 valence electrons. The highest BCUT2D eigenvalue weighted by atomic mass is 32.2. The van der Waals surface area contributed by atoms with Crippen molar-refractivity contribution in [1.29, 1.82) is 0 Å². The Hall–Kier alpha value is -2.75. The van der Waals surface area contributed by atoms with Crippen molar-refractivity contribution in [2.45, 2.75) is 50.7 Å². The molecule has 1 aliphatic heterocycles. The molecular weight excluding hydrogens is 394 g/mol. The van der Waals surface area contributed by atoms with Crippen LogP contribution in [0, 0.1) is 16.0 Å². The summed E-state index contributed by atoms with van der Waals surface area (Å²) >= 11 is 1.14. The Morgan fingerprint density at radius 2 is 2.03 bits per heavy atom. The monoisotopic (exact) mass is 417 g/mol. The predicted molar refractivity (Wildman–Crippen MR) is 113 cm³/mol. The largest absolute Gasteiger partial charge is 0.320 e. The van der Waals surface area contributed by atoms with Crippen LogP contribution in [0.25, 0.3) is 0 Å². The van der Waals surface area contributed by atoms with E-state index in [1.165, 1.54) is 37.5 Å². The van der Waals surface area contributed by atoms with Crippen LogP contribution >= 0.6 is 11.8 Å². The van der Waals surface area contributed by atoms with Crippen molar-refractivity contribution in [2.24, 2.45) is 16.1 Å². The van der Waals surface area contributed by atoms with Crippen molar-refractivity contribution >= 4 is 45.8 Å². The number of rotatable bonds is 6. The summed E-state index contributed by atoms with van der Waals surface area (Å²) in [6, 6.07) is 5.88. The summed E-state index contributed by atoms with van der Waals surface area (Å²) in [4.78, 5) is 34.9. The second-order valence-electron chi connectivity index (χ2n) is 7.10. The average molecular weight is 417 g/mol. The van der Waals surface area contributed by atoms with Crippen molar-refractivity contribution in [3.05, 3.63) is 34.4 Å². The maximum Gasteiger partial charge on any atom is 0.292 e. The highest BCUT2D eigenvalue weighted by Crippen LogP contribution is 2.27. The van der Waals surface area contributed by atoms with E-state index in [4.69, 9.17) is 0 Å². The van der Waals surface area contributed by atoms with Crippen molar-refractivity contribution in [3.8, 4) is 0 Å². The van der Waals surface area contributed by atoms with Crippen LogP contribution in [0.15, 0.2) is 34.5 Å². The first-order valence-corrected chi connectivity index (χ1v) is 10.4. The molecule has 0 radical (unpaired) electrons. The van der Waals surface area contributed by atoms with E-state index in [9.17, 15) is 19.7 Å². The second kappa shape index (κ2) is 9.64. The summed E-state index contributed by atoms with van der Waals surface area (Å²) in [5.74, 6) is -0.356. The summed E-state index contributed by atoms with van der Waals surface area (Å²) in [6.45, 7) is 1.96. The smallest absolute Gasteiger partial charge is 0.292 e. The third kappa shape index (κ3) is 5.63. The Morgan fingerprint density at radius 1 is 1.31 bits per heavy atom. The van der Waals surface area contributed by atoms with E-state index < -0.39 is 16.1 Å². The van der Waals surface area contributed by atoms with Gasteiger partial charge in [-0.05, 0) is 31.7 Å². The molecule has 0 bridgehead atoms. The molecule has 2 aliphatic rings. The molecule has 9 nitrogen and oxygen atoms in total. The Kier molecular flexibility index (Phi) is 6.97. The lowest BCUT2D eigenvalue weighted by molar-refractivity contribution is -0.383. The van der Waals surface area contributed by atoms with E-state index in [-0.39, 0.29) is 23.7 Å². The number of carbonyl (C=O) groups excluding carboxylic acids is 2. The van der Waals surface area contributed by atoms with Crippen molar-refractivity contribution in [3.63, 3.8) is 0 Å². The number of nitro benzene ring substituents is 1. The number of carbonyl (C=O) groups is 2. The van der Waals surface area contributed by atoms with Crippen LogP contribution in [0.1, 0.15) is 45.4 Å². The SMILES string of the molecule is C/C(=N/N=C1\NC(=O)[C@@H](CC(=O)Nc2ccccc2[N+](=O)[O-])S1)C1CCCCC1. The van der Waals surface area contributed by atoms with Gasteiger partial charge in [-0.15, -0.1) is 5.10 Å². The van der Waals surface area contributed by atoms with Crippen LogP contribution < -0.4 is 10.6 Å². The standard InChI is InChI=1S/C19H23N5O4S/c1-12(13-7-3-2-4-8-13)22-23-19-21-18(26)16(29-19)11-17(25)20-14-9-5-6-10-15(14)24(27)28/h5-6,9-10,13,16H,2-4,7-8,11H2,1H3,(H,20,25)(H,21,23,26)/b22-12-/t16-/m1/s1. The van der Waals surface area contributed by atoms with E-state index in [1.54, 1.807) is 6.07 Å². The molecule has 10 heteroatoms. The number of hydrogen-bond donors (Lipinski definition) is 2. The number of amidine groups is 1.